The normalized spacial score (nSPS) is 13.8. The molecule has 0 radical (unpaired) electrons. The van der Waals surface area contributed by atoms with E-state index in [1.54, 1.807) is 78.9 Å². The number of urea groups is 1. The average Bonchev–Trinajstić information content (AvgIpc) is 2.82. The van der Waals surface area contributed by atoms with Gasteiger partial charge < -0.3 is 9.84 Å². The number of aliphatic carboxylic acids is 1. The van der Waals surface area contributed by atoms with Crippen molar-refractivity contribution in [3.05, 3.63) is 96.1 Å². The van der Waals surface area contributed by atoms with Crippen LogP contribution in [0.3, 0.4) is 0 Å². The number of imide groups is 2. The molecule has 0 bridgehead atoms. The van der Waals surface area contributed by atoms with Gasteiger partial charge in [-0.25, -0.2) is 19.4 Å². The van der Waals surface area contributed by atoms with Crippen molar-refractivity contribution in [2.24, 2.45) is 0 Å². The first-order valence-electron chi connectivity index (χ1n) is 9.95. The fraction of sp³-hybridized carbons (Fsp3) is 0.0400. The molecule has 4 amide bonds. The van der Waals surface area contributed by atoms with Crippen LogP contribution in [-0.4, -0.2) is 35.5 Å². The zero-order valence-electron chi connectivity index (χ0n) is 17.3. The number of hydrogen-bond donors (Lipinski definition) is 1. The highest BCUT2D eigenvalue weighted by Crippen LogP contribution is 2.29. The first-order valence-corrected chi connectivity index (χ1v) is 9.95. The number of carbonyl (C=O) groups excluding carboxylic acids is 3. The molecule has 3 aromatic carbocycles. The number of rotatable bonds is 6. The zero-order valence-corrected chi connectivity index (χ0v) is 17.3. The van der Waals surface area contributed by atoms with Crippen molar-refractivity contribution in [3.63, 3.8) is 0 Å². The third kappa shape index (κ3) is 4.49. The van der Waals surface area contributed by atoms with Crippen LogP contribution in [0.15, 0.2) is 90.5 Å². The molecule has 1 fully saturated rings. The number of carbonyl (C=O) groups is 4. The van der Waals surface area contributed by atoms with Gasteiger partial charge in [0.1, 0.15) is 11.3 Å². The van der Waals surface area contributed by atoms with E-state index in [0.717, 1.165) is 9.80 Å². The van der Waals surface area contributed by atoms with E-state index in [1.165, 1.54) is 12.1 Å². The number of ether oxygens (including phenoxy) is 1. The molecule has 1 aliphatic heterocycles. The van der Waals surface area contributed by atoms with Crippen molar-refractivity contribution in [2.45, 2.75) is 0 Å². The van der Waals surface area contributed by atoms with Crippen LogP contribution in [0, 0.1) is 0 Å². The molecule has 3 aromatic rings. The quantitative estimate of drug-likeness (QED) is 0.461. The summed E-state index contributed by atoms with van der Waals surface area (Å²) in [6.07, 6.45) is 1.36. The van der Waals surface area contributed by atoms with Gasteiger partial charge in [0.05, 0.1) is 11.4 Å². The highest BCUT2D eigenvalue weighted by atomic mass is 16.5. The average molecular weight is 442 g/mol. The second kappa shape index (κ2) is 9.19. The molecule has 1 aliphatic rings. The number of hydrogen-bond acceptors (Lipinski definition) is 5. The predicted octanol–water partition coefficient (Wildman–Crippen LogP) is 3.73. The predicted molar refractivity (Wildman–Crippen MR) is 121 cm³/mol. The number of carboxylic acids is 1. The summed E-state index contributed by atoms with van der Waals surface area (Å²) in [7, 11) is 0. The van der Waals surface area contributed by atoms with Crippen LogP contribution >= 0.6 is 0 Å². The van der Waals surface area contributed by atoms with Gasteiger partial charge in [0.25, 0.3) is 11.8 Å². The number of anilines is 2. The maximum atomic E-state index is 13.3. The van der Waals surface area contributed by atoms with Crippen molar-refractivity contribution in [1.29, 1.82) is 0 Å². The minimum absolute atomic E-state index is 0.224. The van der Waals surface area contributed by atoms with Gasteiger partial charge in [-0.2, -0.15) is 0 Å². The van der Waals surface area contributed by atoms with E-state index in [1.807, 2.05) is 0 Å². The number of benzene rings is 3. The Bertz CT molecular complexity index is 1190. The Kier molecular flexibility index (Phi) is 5.99. The van der Waals surface area contributed by atoms with Crippen molar-refractivity contribution >= 4 is 41.3 Å². The van der Waals surface area contributed by atoms with E-state index in [2.05, 4.69) is 0 Å². The molecular formula is C25H18N2O6. The van der Waals surface area contributed by atoms with Gasteiger partial charge in [0, 0.05) is 0 Å². The Labute approximate surface area is 188 Å². The number of barbiturate groups is 1. The van der Waals surface area contributed by atoms with Crippen LogP contribution < -0.4 is 14.5 Å². The lowest BCUT2D eigenvalue weighted by atomic mass is 10.0. The lowest BCUT2D eigenvalue weighted by Crippen LogP contribution is -2.57. The monoisotopic (exact) mass is 442 g/mol. The third-order valence-electron chi connectivity index (χ3n) is 4.81. The molecule has 0 saturated carbocycles. The van der Waals surface area contributed by atoms with E-state index in [0.29, 0.717) is 16.9 Å². The van der Waals surface area contributed by atoms with Crippen molar-refractivity contribution in [3.8, 4) is 5.75 Å². The second-order valence-corrected chi connectivity index (χ2v) is 7.05. The molecule has 33 heavy (non-hydrogen) atoms. The summed E-state index contributed by atoms with van der Waals surface area (Å²) in [6, 6.07) is 22.2. The van der Waals surface area contributed by atoms with Crippen LogP contribution in [0.5, 0.6) is 5.75 Å². The number of amides is 4. The molecule has 0 aliphatic carbocycles. The lowest BCUT2D eigenvalue weighted by Gasteiger charge is -2.33. The van der Waals surface area contributed by atoms with Crippen molar-refractivity contribution in [2.75, 3.05) is 16.4 Å². The maximum absolute atomic E-state index is 13.3. The van der Waals surface area contributed by atoms with E-state index in [4.69, 9.17) is 9.84 Å². The Morgan fingerprint density at radius 3 is 1.85 bits per heavy atom. The van der Waals surface area contributed by atoms with E-state index in [9.17, 15) is 19.2 Å². The van der Waals surface area contributed by atoms with Crippen LogP contribution in [0.1, 0.15) is 5.56 Å². The van der Waals surface area contributed by atoms with E-state index < -0.39 is 30.4 Å². The molecule has 164 valence electrons. The van der Waals surface area contributed by atoms with Gasteiger partial charge in [-0.15, -0.1) is 0 Å². The minimum Gasteiger partial charge on any atom is -0.482 e. The van der Waals surface area contributed by atoms with Crippen LogP contribution in [0.4, 0.5) is 16.2 Å². The van der Waals surface area contributed by atoms with Gasteiger partial charge in [0.2, 0.25) is 0 Å². The highest BCUT2D eigenvalue weighted by Gasteiger charge is 2.43. The highest BCUT2D eigenvalue weighted by molar-refractivity contribution is 6.46. The summed E-state index contributed by atoms with van der Waals surface area (Å²) in [5.41, 5.74) is 0.860. The summed E-state index contributed by atoms with van der Waals surface area (Å²) in [5, 5.41) is 8.81. The fourth-order valence-corrected chi connectivity index (χ4v) is 3.34. The molecule has 1 N–H and O–H groups in total. The Hall–Kier alpha value is -4.72. The van der Waals surface area contributed by atoms with Gasteiger partial charge in [-0.3, -0.25) is 9.59 Å². The van der Waals surface area contributed by atoms with Crippen LogP contribution in [-0.2, 0) is 14.4 Å². The summed E-state index contributed by atoms with van der Waals surface area (Å²) >= 11 is 0. The van der Waals surface area contributed by atoms with E-state index in [-0.39, 0.29) is 11.3 Å². The molecule has 0 spiro atoms. The molecule has 0 aromatic heterocycles. The molecule has 1 heterocycles. The van der Waals surface area contributed by atoms with Crippen molar-refractivity contribution in [1.82, 2.24) is 0 Å². The Morgan fingerprint density at radius 2 is 1.33 bits per heavy atom. The van der Waals surface area contributed by atoms with Gasteiger partial charge in [-0.05, 0) is 48.0 Å². The SMILES string of the molecule is O=C(O)COc1cccc(C=C2C(=O)N(c3ccccc3)C(=O)N(c3ccccc3)C2=O)c1. The first-order chi connectivity index (χ1) is 16.0. The molecule has 0 atom stereocenters. The standard InChI is InChI=1S/C25H18N2O6/c28-22(29)16-33-20-13-7-8-17(14-20)15-21-23(30)26(18-9-3-1-4-10-18)25(32)27(24(21)31)19-11-5-2-6-12-19/h1-15H,16H2,(H,28,29). The number of nitrogens with zero attached hydrogens (tertiary/aromatic N) is 2. The number of carboxylic acid groups (broad SMARTS) is 1. The Balaban J connectivity index is 1.79. The third-order valence-corrected chi connectivity index (χ3v) is 4.81. The largest absolute Gasteiger partial charge is 0.482 e. The van der Waals surface area contributed by atoms with Gasteiger partial charge >= 0.3 is 12.0 Å². The van der Waals surface area contributed by atoms with E-state index >= 15 is 0 Å². The molecule has 8 nitrogen and oxygen atoms in total. The Morgan fingerprint density at radius 1 is 0.788 bits per heavy atom. The zero-order chi connectivity index (χ0) is 23.4. The van der Waals surface area contributed by atoms with Crippen molar-refractivity contribution < 1.29 is 29.0 Å². The molecule has 4 rings (SSSR count). The second-order valence-electron chi connectivity index (χ2n) is 7.05. The van der Waals surface area contributed by atoms with Crippen LogP contribution in [0.2, 0.25) is 0 Å². The number of para-hydroxylation sites is 2. The van der Waals surface area contributed by atoms with Gasteiger partial charge in [0.15, 0.2) is 6.61 Å². The smallest absolute Gasteiger partial charge is 0.343 e. The van der Waals surface area contributed by atoms with Gasteiger partial charge in [-0.1, -0.05) is 48.5 Å². The summed E-state index contributed by atoms with van der Waals surface area (Å²) in [6.45, 7) is -0.532. The molecule has 0 unspecified atom stereocenters. The molecule has 1 saturated heterocycles. The maximum Gasteiger partial charge on any atom is 0.343 e. The minimum atomic E-state index is -1.13. The summed E-state index contributed by atoms with van der Waals surface area (Å²) < 4.78 is 5.18. The first kappa shape index (κ1) is 21.5. The lowest BCUT2D eigenvalue weighted by molar-refractivity contribution is -0.139. The fourth-order valence-electron chi connectivity index (χ4n) is 3.34. The molecular weight excluding hydrogens is 424 g/mol. The summed E-state index contributed by atoms with van der Waals surface area (Å²) in [5.74, 6) is -2.40. The topological polar surface area (TPSA) is 104 Å². The molecule has 8 heteroatoms. The van der Waals surface area contributed by atoms with Crippen LogP contribution in [0.25, 0.3) is 6.08 Å². The summed E-state index contributed by atoms with van der Waals surface area (Å²) in [4.78, 5) is 52.5.